The number of carbonyl (C=O) groups is 2. The van der Waals surface area contributed by atoms with Gasteiger partial charge in [-0.05, 0) is 24.3 Å². The summed E-state index contributed by atoms with van der Waals surface area (Å²) in [7, 11) is 1.32. The Morgan fingerprint density at radius 1 is 1.05 bits per heavy atom. The van der Waals surface area contributed by atoms with E-state index in [2.05, 4.69) is 43.1 Å². The highest BCUT2D eigenvalue weighted by Crippen LogP contribution is 2.19. The molecule has 0 heterocycles. The second kappa shape index (κ2) is 8.91. The molecule has 0 aliphatic carbocycles. The summed E-state index contributed by atoms with van der Waals surface area (Å²) >= 11 is 0. The van der Waals surface area contributed by atoms with Gasteiger partial charge in [0.1, 0.15) is 6.04 Å². The Labute approximate surface area is 116 Å². The summed E-state index contributed by atoms with van der Waals surface area (Å²) in [5.41, 5.74) is 0. The van der Waals surface area contributed by atoms with Crippen LogP contribution in [0.25, 0.3) is 0 Å². The minimum atomic E-state index is -0.623. The summed E-state index contributed by atoms with van der Waals surface area (Å²) in [6.45, 7) is 11.4. The number of amides is 1. The van der Waals surface area contributed by atoms with E-state index in [1.54, 1.807) is 0 Å². The summed E-state index contributed by atoms with van der Waals surface area (Å²) in [5, 5.41) is 5.84. The Kier molecular flexibility index (Phi) is 8.39. The second-order valence-electron chi connectivity index (χ2n) is 5.59. The third kappa shape index (κ3) is 7.15. The molecule has 0 saturated heterocycles. The quantitative estimate of drug-likeness (QED) is 0.651. The van der Waals surface area contributed by atoms with Gasteiger partial charge < -0.3 is 15.4 Å². The number of ether oxygens (including phenoxy) is 1. The van der Waals surface area contributed by atoms with Gasteiger partial charge in [0.2, 0.25) is 5.91 Å². The summed E-state index contributed by atoms with van der Waals surface area (Å²) in [4.78, 5) is 22.6. The van der Waals surface area contributed by atoms with E-state index < -0.39 is 12.0 Å². The van der Waals surface area contributed by atoms with E-state index in [0.29, 0.717) is 24.3 Å². The first-order valence-corrected chi connectivity index (χ1v) is 6.85. The van der Waals surface area contributed by atoms with E-state index in [1.807, 2.05) is 0 Å². The van der Waals surface area contributed by atoms with Crippen molar-refractivity contribution in [2.24, 2.45) is 17.8 Å². The molecule has 0 fully saturated rings. The van der Waals surface area contributed by atoms with Crippen molar-refractivity contribution in [2.45, 2.75) is 40.7 Å². The van der Waals surface area contributed by atoms with Crippen LogP contribution < -0.4 is 10.6 Å². The van der Waals surface area contributed by atoms with E-state index in [0.717, 1.165) is 6.54 Å². The Morgan fingerprint density at radius 2 is 1.58 bits per heavy atom. The molecule has 0 radical (unpaired) electrons. The third-order valence-electron chi connectivity index (χ3n) is 3.30. The van der Waals surface area contributed by atoms with Crippen LogP contribution in [0.3, 0.4) is 0 Å². The van der Waals surface area contributed by atoms with Crippen molar-refractivity contribution in [1.29, 1.82) is 0 Å². The van der Waals surface area contributed by atoms with Crippen molar-refractivity contribution < 1.29 is 14.3 Å². The van der Waals surface area contributed by atoms with Crippen molar-refractivity contribution in [3.8, 4) is 0 Å². The lowest BCUT2D eigenvalue weighted by molar-refractivity contribution is -0.144. The predicted octanol–water partition coefficient (Wildman–Crippen LogP) is 1.18. The van der Waals surface area contributed by atoms with E-state index in [9.17, 15) is 9.59 Å². The lowest BCUT2D eigenvalue weighted by atomic mass is 9.85. The predicted molar refractivity (Wildman–Crippen MR) is 75.7 cm³/mol. The fourth-order valence-corrected chi connectivity index (χ4v) is 2.22. The van der Waals surface area contributed by atoms with E-state index in [4.69, 9.17) is 0 Å². The smallest absolute Gasteiger partial charge is 0.329 e. The van der Waals surface area contributed by atoms with Crippen LogP contribution in [0.15, 0.2) is 0 Å². The van der Waals surface area contributed by atoms with E-state index in [1.165, 1.54) is 14.0 Å². The monoisotopic (exact) mass is 272 g/mol. The number of nitrogens with one attached hydrogen (secondary N) is 2. The topological polar surface area (TPSA) is 67.4 Å². The number of carbonyl (C=O) groups excluding carboxylic acids is 2. The van der Waals surface area contributed by atoms with Gasteiger partial charge in [-0.2, -0.15) is 0 Å². The molecular formula is C14H28N2O3. The van der Waals surface area contributed by atoms with Crippen molar-refractivity contribution >= 4 is 11.9 Å². The Balaban J connectivity index is 4.31. The molecule has 1 atom stereocenters. The molecule has 1 unspecified atom stereocenters. The maximum Gasteiger partial charge on any atom is 0.329 e. The summed E-state index contributed by atoms with van der Waals surface area (Å²) in [6.07, 6.45) is 0. The molecule has 5 heteroatoms. The molecular weight excluding hydrogens is 244 g/mol. The van der Waals surface area contributed by atoms with Gasteiger partial charge in [-0.25, -0.2) is 4.79 Å². The highest BCUT2D eigenvalue weighted by atomic mass is 16.5. The summed E-state index contributed by atoms with van der Waals surface area (Å²) in [6, 6.07) is -0.623. The van der Waals surface area contributed by atoms with Crippen LogP contribution in [-0.4, -0.2) is 38.1 Å². The highest BCUT2D eigenvalue weighted by Gasteiger charge is 2.22. The zero-order chi connectivity index (χ0) is 15.0. The first-order valence-electron chi connectivity index (χ1n) is 6.85. The largest absolute Gasteiger partial charge is 0.467 e. The van der Waals surface area contributed by atoms with Gasteiger partial charge in [0, 0.05) is 13.5 Å². The zero-order valence-electron chi connectivity index (χ0n) is 12.9. The van der Waals surface area contributed by atoms with Gasteiger partial charge in [-0.15, -0.1) is 0 Å². The maximum absolute atomic E-state index is 11.5. The molecule has 0 aromatic rings. The van der Waals surface area contributed by atoms with E-state index in [-0.39, 0.29) is 5.91 Å². The number of hydrogen-bond donors (Lipinski definition) is 2. The van der Waals surface area contributed by atoms with Crippen LogP contribution in [0.1, 0.15) is 34.6 Å². The molecule has 1 amide bonds. The van der Waals surface area contributed by atoms with Crippen LogP contribution >= 0.6 is 0 Å². The van der Waals surface area contributed by atoms with Crippen LogP contribution in [-0.2, 0) is 14.3 Å². The van der Waals surface area contributed by atoms with Crippen LogP contribution in [0.5, 0.6) is 0 Å². The van der Waals surface area contributed by atoms with Gasteiger partial charge >= 0.3 is 5.97 Å². The molecule has 0 aromatic carbocycles. The standard InChI is InChI=1S/C14H28N2O3/c1-9(2)12(10(3)4)7-15-8-13(14(18)19-6)16-11(5)17/h9-10,12-13,15H,7-8H2,1-6H3,(H,16,17). The van der Waals surface area contributed by atoms with Crippen molar-refractivity contribution in [3.63, 3.8) is 0 Å². The Morgan fingerprint density at radius 3 is 1.95 bits per heavy atom. The van der Waals surface area contributed by atoms with Crippen molar-refractivity contribution in [3.05, 3.63) is 0 Å². The van der Waals surface area contributed by atoms with Gasteiger partial charge in [0.25, 0.3) is 0 Å². The van der Waals surface area contributed by atoms with Gasteiger partial charge in [0.15, 0.2) is 0 Å². The van der Waals surface area contributed by atoms with Crippen LogP contribution in [0, 0.1) is 17.8 Å². The first kappa shape index (κ1) is 17.9. The molecule has 5 nitrogen and oxygen atoms in total. The molecule has 0 rings (SSSR count). The molecule has 0 bridgehead atoms. The second-order valence-corrected chi connectivity index (χ2v) is 5.59. The normalized spacial score (nSPS) is 12.9. The van der Waals surface area contributed by atoms with Crippen LogP contribution in [0.2, 0.25) is 0 Å². The van der Waals surface area contributed by atoms with Crippen molar-refractivity contribution in [1.82, 2.24) is 10.6 Å². The molecule has 0 saturated carbocycles. The van der Waals surface area contributed by atoms with E-state index >= 15 is 0 Å². The zero-order valence-corrected chi connectivity index (χ0v) is 12.9. The van der Waals surface area contributed by atoms with Gasteiger partial charge in [0.05, 0.1) is 7.11 Å². The number of methoxy groups -OCH3 is 1. The molecule has 2 N–H and O–H groups in total. The average Bonchev–Trinajstić information content (AvgIpc) is 2.30. The van der Waals surface area contributed by atoms with Crippen LogP contribution in [0.4, 0.5) is 0 Å². The fourth-order valence-electron chi connectivity index (χ4n) is 2.22. The lowest BCUT2D eigenvalue weighted by Crippen LogP contribution is -2.48. The van der Waals surface area contributed by atoms with Crippen molar-refractivity contribution in [2.75, 3.05) is 20.2 Å². The Hall–Kier alpha value is -1.10. The number of hydrogen-bond acceptors (Lipinski definition) is 4. The molecule has 0 aliphatic heterocycles. The van der Waals surface area contributed by atoms with Gasteiger partial charge in [-0.3, -0.25) is 4.79 Å². The molecule has 19 heavy (non-hydrogen) atoms. The Bertz CT molecular complexity index is 282. The molecule has 0 spiro atoms. The average molecular weight is 272 g/mol. The molecule has 0 aromatic heterocycles. The SMILES string of the molecule is COC(=O)C(CNCC(C(C)C)C(C)C)NC(C)=O. The number of esters is 1. The highest BCUT2D eigenvalue weighted by molar-refractivity contribution is 5.83. The molecule has 112 valence electrons. The minimum Gasteiger partial charge on any atom is -0.467 e. The minimum absolute atomic E-state index is 0.235. The fraction of sp³-hybridized carbons (Fsp3) is 0.857. The molecule has 0 aliphatic rings. The summed E-state index contributed by atoms with van der Waals surface area (Å²) < 4.78 is 4.67. The summed E-state index contributed by atoms with van der Waals surface area (Å²) in [5.74, 6) is 1.03. The maximum atomic E-state index is 11.5. The first-order chi connectivity index (χ1) is 8.79. The van der Waals surface area contributed by atoms with Gasteiger partial charge in [-0.1, -0.05) is 27.7 Å². The lowest BCUT2D eigenvalue weighted by Gasteiger charge is -2.26. The number of rotatable bonds is 8. The third-order valence-corrected chi connectivity index (χ3v) is 3.30.